The molecule has 4 rings (SSSR count). The predicted octanol–water partition coefficient (Wildman–Crippen LogP) is 1.90. The van der Waals surface area contributed by atoms with Crippen molar-refractivity contribution in [2.45, 2.75) is 18.9 Å². The van der Waals surface area contributed by atoms with Crippen LogP contribution in [0.2, 0.25) is 0 Å². The van der Waals surface area contributed by atoms with E-state index in [9.17, 15) is 9.59 Å². The highest BCUT2D eigenvalue weighted by Crippen LogP contribution is 2.30. The Balaban J connectivity index is 1.46. The summed E-state index contributed by atoms with van der Waals surface area (Å²) >= 11 is 0. The second-order valence-corrected chi connectivity index (χ2v) is 6.94. The summed E-state index contributed by atoms with van der Waals surface area (Å²) in [6.45, 7) is 4.43. The number of hydrogen-bond acceptors (Lipinski definition) is 5. The Bertz CT molecular complexity index is 831. The standard InChI is InChI=1S/C20H21N3O3/c1-20(14-15-4-2-3-5-17(15)18(24)26-20)19(25)23-12-10-22(11-13-23)16-6-8-21-9-7-16/h2-9H,10-14H2,1H3. The van der Waals surface area contributed by atoms with Gasteiger partial charge in [0.2, 0.25) is 0 Å². The highest BCUT2D eigenvalue weighted by molar-refractivity contribution is 5.97. The normalized spacial score (nSPS) is 22.6. The van der Waals surface area contributed by atoms with Gasteiger partial charge < -0.3 is 14.5 Å². The van der Waals surface area contributed by atoms with Gasteiger partial charge in [0.1, 0.15) is 0 Å². The highest BCUT2D eigenvalue weighted by Gasteiger charge is 2.45. The lowest BCUT2D eigenvalue weighted by Crippen LogP contribution is -2.58. The zero-order chi connectivity index (χ0) is 18.1. The molecule has 1 unspecified atom stereocenters. The lowest BCUT2D eigenvalue weighted by atomic mass is 9.88. The summed E-state index contributed by atoms with van der Waals surface area (Å²) in [6.07, 6.45) is 3.96. The number of cyclic esters (lactones) is 1. The van der Waals surface area contributed by atoms with E-state index in [1.54, 1.807) is 30.3 Å². The summed E-state index contributed by atoms with van der Waals surface area (Å²) in [5, 5.41) is 0. The molecule has 0 bridgehead atoms. The van der Waals surface area contributed by atoms with E-state index in [1.807, 2.05) is 30.3 Å². The molecule has 1 saturated heterocycles. The van der Waals surface area contributed by atoms with Crippen LogP contribution in [-0.4, -0.2) is 53.5 Å². The van der Waals surface area contributed by atoms with Crippen molar-refractivity contribution >= 4 is 17.6 Å². The zero-order valence-corrected chi connectivity index (χ0v) is 14.7. The van der Waals surface area contributed by atoms with Crippen molar-refractivity contribution in [3.8, 4) is 0 Å². The van der Waals surface area contributed by atoms with Gasteiger partial charge in [-0.15, -0.1) is 0 Å². The van der Waals surface area contributed by atoms with Crippen LogP contribution >= 0.6 is 0 Å². The van der Waals surface area contributed by atoms with Crippen LogP contribution < -0.4 is 4.90 Å². The fraction of sp³-hybridized carbons (Fsp3) is 0.350. The first-order valence-electron chi connectivity index (χ1n) is 8.82. The number of carbonyl (C=O) groups excluding carboxylic acids is 2. The molecule has 1 aromatic carbocycles. The summed E-state index contributed by atoms with van der Waals surface area (Å²) in [5.74, 6) is -0.534. The first kappa shape index (κ1) is 16.6. The minimum Gasteiger partial charge on any atom is -0.445 e. The topological polar surface area (TPSA) is 62.7 Å². The first-order valence-corrected chi connectivity index (χ1v) is 8.82. The molecule has 0 aliphatic carbocycles. The van der Waals surface area contributed by atoms with Crippen molar-refractivity contribution in [1.29, 1.82) is 0 Å². The molecule has 1 amide bonds. The van der Waals surface area contributed by atoms with E-state index in [4.69, 9.17) is 4.74 Å². The van der Waals surface area contributed by atoms with Crippen molar-refractivity contribution in [1.82, 2.24) is 9.88 Å². The molecule has 0 N–H and O–H groups in total. The number of carbonyl (C=O) groups is 2. The molecule has 1 fully saturated rings. The molecule has 26 heavy (non-hydrogen) atoms. The molecule has 1 aromatic heterocycles. The first-order chi connectivity index (χ1) is 12.6. The van der Waals surface area contributed by atoms with Gasteiger partial charge in [0.25, 0.3) is 5.91 Å². The second-order valence-electron chi connectivity index (χ2n) is 6.94. The fourth-order valence-corrected chi connectivity index (χ4v) is 3.71. The molecule has 6 nitrogen and oxygen atoms in total. The molecule has 2 aliphatic heterocycles. The van der Waals surface area contributed by atoms with Crippen LogP contribution in [0.15, 0.2) is 48.8 Å². The maximum absolute atomic E-state index is 13.1. The third kappa shape index (κ3) is 2.92. The number of amides is 1. The monoisotopic (exact) mass is 351 g/mol. The molecule has 0 radical (unpaired) electrons. The molecule has 6 heteroatoms. The van der Waals surface area contributed by atoms with Crippen LogP contribution in [0.25, 0.3) is 0 Å². The van der Waals surface area contributed by atoms with Gasteiger partial charge in [0.05, 0.1) is 5.56 Å². The number of ether oxygens (including phenoxy) is 1. The molecule has 2 aromatic rings. The average Bonchev–Trinajstić information content (AvgIpc) is 2.68. The Morgan fingerprint density at radius 3 is 2.50 bits per heavy atom. The third-order valence-electron chi connectivity index (χ3n) is 5.13. The van der Waals surface area contributed by atoms with Crippen LogP contribution in [0.5, 0.6) is 0 Å². The smallest absolute Gasteiger partial charge is 0.339 e. The molecule has 3 heterocycles. The number of rotatable bonds is 2. The quantitative estimate of drug-likeness (QED) is 0.774. The molecule has 2 aliphatic rings. The van der Waals surface area contributed by atoms with Crippen LogP contribution in [0.4, 0.5) is 5.69 Å². The summed E-state index contributed by atoms with van der Waals surface area (Å²) in [7, 11) is 0. The van der Waals surface area contributed by atoms with E-state index < -0.39 is 11.6 Å². The number of piperazine rings is 1. The number of anilines is 1. The summed E-state index contributed by atoms with van der Waals surface area (Å²) in [4.78, 5) is 33.5. The van der Waals surface area contributed by atoms with Crippen LogP contribution in [0, 0.1) is 0 Å². The number of nitrogens with zero attached hydrogens (tertiary/aromatic N) is 3. The van der Waals surface area contributed by atoms with E-state index in [-0.39, 0.29) is 5.91 Å². The van der Waals surface area contributed by atoms with Crippen molar-refractivity contribution in [2.75, 3.05) is 31.1 Å². The number of hydrogen-bond donors (Lipinski definition) is 0. The Morgan fingerprint density at radius 2 is 1.77 bits per heavy atom. The van der Waals surface area contributed by atoms with Gasteiger partial charge in [-0.2, -0.15) is 0 Å². The number of benzene rings is 1. The van der Waals surface area contributed by atoms with E-state index in [0.717, 1.165) is 24.3 Å². The third-order valence-corrected chi connectivity index (χ3v) is 5.13. The Hall–Kier alpha value is -2.89. The molecule has 1 atom stereocenters. The molecule has 0 spiro atoms. The maximum Gasteiger partial charge on any atom is 0.339 e. The van der Waals surface area contributed by atoms with Gasteiger partial charge in [-0.1, -0.05) is 18.2 Å². The number of esters is 1. The molecular formula is C20H21N3O3. The fourth-order valence-electron chi connectivity index (χ4n) is 3.71. The van der Waals surface area contributed by atoms with Gasteiger partial charge in [-0.3, -0.25) is 9.78 Å². The summed E-state index contributed by atoms with van der Waals surface area (Å²) in [5.41, 5.74) is 1.40. The Labute approximate surface area is 152 Å². The number of pyridine rings is 1. The van der Waals surface area contributed by atoms with Gasteiger partial charge in [0.15, 0.2) is 5.60 Å². The maximum atomic E-state index is 13.1. The SMILES string of the molecule is CC1(C(=O)N2CCN(c3ccncc3)CC2)Cc2ccccc2C(=O)O1. The number of aromatic nitrogens is 1. The van der Waals surface area contributed by atoms with Crippen molar-refractivity contribution < 1.29 is 14.3 Å². The lowest BCUT2D eigenvalue weighted by molar-refractivity contribution is -0.151. The van der Waals surface area contributed by atoms with Crippen molar-refractivity contribution in [3.63, 3.8) is 0 Å². The Kier molecular flexibility index (Phi) is 4.11. The van der Waals surface area contributed by atoms with E-state index >= 15 is 0 Å². The highest BCUT2D eigenvalue weighted by atomic mass is 16.6. The van der Waals surface area contributed by atoms with E-state index in [1.165, 1.54) is 0 Å². The Morgan fingerprint density at radius 1 is 1.08 bits per heavy atom. The lowest BCUT2D eigenvalue weighted by Gasteiger charge is -2.41. The van der Waals surface area contributed by atoms with Gasteiger partial charge in [-0.25, -0.2) is 4.79 Å². The second kappa shape index (κ2) is 6.44. The van der Waals surface area contributed by atoms with Gasteiger partial charge in [-0.05, 0) is 30.7 Å². The largest absolute Gasteiger partial charge is 0.445 e. The van der Waals surface area contributed by atoms with Gasteiger partial charge in [0, 0.05) is 50.7 Å². The van der Waals surface area contributed by atoms with E-state index in [0.29, 0.717) is 25.1 Å². The molecular weight excluding hydrogens is 330 g/mol. The minimum absolute atomic E-state index is 0.116. The van der Waals surface area contributed by atoms with Crippen molar-refractivity contribution in [3.05, 3.63) is 59.9 Å². The van der Waals surface area contributed by atoms with Crippen LogP contribution in [0.3, 0.4) is 0 Å². The molecule has 134 valence electrons. The average molecular weight is 351 g/mol. The van der Waals surface area contributed by atoms with Gasteiger partial charge >= 0.3 is 5.97 Å². The zero-order valence-electron chi connectivity index (χ0n) is 14.7. The summed E-state index contributed by atoms with van der Waals surface area (Å²) in [6, 6.07) is 11.3. The predicted molar refractivity (Wildman–Crippen MR) is 97.0 cm³/mol. The molecule has 0 saturated carbocycles. The van der Waals surface area contributed by atoms with E-state index in [2.05, 4.69) is 9.88 Å². The minimum atomic E-state index is -1.13. The van der Waals surface area contributed by atoms with Crippen LogP contribution in [-0.2, 0) is 16.0 Å². The van der Waals surface area contributed by atoms with Crippen LogP contribution in [0.1, 0.15) is 22.8 Å². The number of fused-ring (bicyclic) bond motifs is 1. The summed E-state index contributed by atoms with van der Waals surface area (Å²) < 4.78 is 5.57. The van der Waals surface area contributed by atoms with Crippen molar-refractivity contribution in [2.24, 2.45) is 0 Å².